The Hall–Kier alpha value is -2.73. The topological polar surface area (TPSA) is 64.0 Å². The first-order valence-corrected chi connectivity index (χ1v) is 10.3. The Morgan fingerprint density at radius 2 is 1.74 bits per heavy atom. The number of rotatable bonds is 6. The average molecular weight is 382 g/mol. The number of nitrogens with zero attached hydrogens (tertiary/aromatic N) is 2. The van der Waals surface area contributed by atoms with Gasteiger partial charge in [0, 0.05) is 45.3 Å². The van der Waals surface area contributed by atoms with Crippen molar-refractivity contribution in [1.82, 2.24) is 15.1 Å². The fraction of sp³-hybridized carbons (Fsp3) is 0.238. The van der Waals surface area contributed by atoms with E-state index in [0.29, 0.717) is 23.5 Å². The summed E-state index contributed by atoms with van der Waals surface area (Å²) in [5.74, 6) is -0.155. The zero-order valence-electron chi connectivity index (χ0n) is 15.7. The van der Waals surface area contributed by atoms with Gasteiger partial charge in [0.2, 0.25) is 0 Å². The van der Waals surface area contributed by atoms with Crippen LogP contribution in [-0.2, 0) is 23.9 Å². The van der Waals surface area contributed by atoms with Crippen LogP contribution in [0.15, 0.2) is 59.5 Å². The van der Waals surface area contributed by atoms with Gasteiger partial charge in [-0.05, 0) is 43.7 Å². The average Bonchev–Trinajstić information content (AvgIpc) is 2.93. The van der Waals surface area contributed by atoms with Crippen LogP contribution in [0, 0.1) is 13.8 Å². The summed E-state index contributed by atoms with van der Waals surface area (Å²) in [7, 11) is -1.05. The van der Waals surface area contributed by atoms with Crippen molar-refractivity contribution in [2.45, 2.75) is 31.8 Å². The van der Waals surface area contributed by atoms with Crippen LogP contribution in [0.5, 0.6) is 0 Å². The standard InChI is InChI=1S/C21H23N3O2S/c1-15-20(16(2)24(23-15)14-17-7-5-4-6-8-17)13-22-21(25)18-9-11-19(12-10-18)27(3)26/h4-12H,13-14H2,1-3H3,(H,22,25). The second-order valence-electron chi connectivity index (χ2n) is 6.45. The third-order valence-corrected chi connectivity index (χ3v) is 5.52. The molecule has 1 unspecified atom stereocenters. The normalized spacial score (nSPS) is 12.0. The van der Waals surface area contributed by atoms with Gasteiger partial charge in [0.25, 0.3) is 5.91 Å². The van der Waals surface area contributed by atoms with Crippen molar-refractivity contribution in [2.75, 3.05) is 6.26 Å². The van der Waals surface area contributed by atoms with Gasteiger partial charge in [-0.2, -0.15) is 5.10 Å². The minimum absolute atomic E-state index is 0.155. The second kappa shape index (κ2) is 8.31. The zero-order valence-corrected chi connectivity index (χ0v) is 16.5. The highest BCUT2D eigenvalue weighted by Crippen LogP contribution is 2.15. The van der Waals surface area contributed by atoms with Crippen LogP contribution < -0.4 is 5.32 Å². The first-order valence-electron chi connectivity index (χ1n) is 8.74. The van der Waals surface area contributed by atoms with E-state index in [2.05, 4.69) is 22.5 Å². The number of hydrogen-bond donors (Lipinski definition) is 1. The lowest BCUT2D eigenvalue weighted by molar-refractivity contribution is 0.0950. The molecule has 1 atom stereocenters. The molecule has 2 aromatic carbocycles. The molecule has 0 saturated carbocycles. The molecule has 0 fully saturated rings. The number of aromatic nitrogens is 2. The van der Waals surface area contributed by atoms with Crippen LogP contribution in [0.2, 0.25) is 0 Å². The van der Waals surface area contributed by atoms with E-state index in [1.165, 1.54) is 5.56 Å². The molecule has 5 nitrogen and oxygen atoms in total. The zero-order chi connectivity index (χ0) is 19.4. The van der Waals surface area contributed by atoms with Crippen molar-refractivity contribution < 1.29 is 9.00 Å². The van der Waals surface area contributed by atoms with Crippen LogP contribution in [0.1, 0.15) is 32.9 Å². The Balaban J connectivity index is 1.68. The van der Waals surface area contributed by atoms with Crippen molar-refractivity contribution >= 4 is 16.7 Å². The molecule has 27 heavy (non-hydrogen) atoms. The molecule has 0 aliphatic heterocycles. The first-order chi connectivity index (χ1) is 13.0. The molecule has 0 bridgehead atoms. The largest absolute Gasteiger partial charge is 0.348 e. The second-order valence-corrected chi connectivity index (χ2v) is 7.83. The van der Waals surface area contributed by atoms with Crippen molar-refractivity contribution in [3.8, 4) is 0 Å². The van der Waals surface area contributed by atoms with Gasteiger partial charge in [0.05, 0.1) is 12.2 Å². The van der Waals surface area contributed by atoms with E-state index in [0.717, 1.165) is 17.0 Å². The van der Waals surface area contributed by atoms with Gasteiger partial charge in [-0.25, -0.2) is 0 Å². The number of benzene rings is 2. The van der Waals surface area contributed by atoms with Gasteiger partial charge in [-0.15, -0.1) is 0 Å². The third kappa shape index (κ3) is 4.52. The van der Waals surface area contributed by atoms with E-state index in [4.69, 9.17) is 0 Å². The number of carbonyl (C=O) groups excluding carboxylic acids is 1. The molecule has 0 saturated heterocycles. The summed E-state index contributed by atoms with van der Waals surface area (Å²) >= 11 is 0. The lowest BCUT2D eigenvalue weighted by atomic mass is 10.1. The fourth-order valence-electron chi connectivity index (χ4n) is 2.97. The maximum Gasteiger partial charge on any atom is 0.251 e. The van der Waals surface area contributed by atoms with Gasteiger partial charge >= 0.3 is 0 Å². The van der Waals surface area contributed by atoms with Gasteiger partial charge in [-0.3, -0.25) is 13.7 Å². The molecule has 3 rings (SSSR count). The Morgan fingerprint density at radius 1 is 1.07 bits per heavy atom. The predicted molar refractivity (Wildman–Crippen MR) is 107 cm³/mol. The summed E-state index contributed by atoms with van der Waals surface area (Å²) in [6.45, 7) is 5.11. The molecule has 1 N–H and O–H groups in total. The molecule has 0 aliphatic rings. The molecule has 1 aromatic heterocycles. The van der Waals surface area contributed by atoms with Crippen LogP contribution in [0.4, 0.5) is 0 Å². The highest BCUT2D eigenvalue weighted by atomic mass is 32.2. The molecular weight excluding hydrogens is 358 g/mol. The third-order valence-electron chi connectivity index (χ3n) is 4.58. The molecule has 0 spiro atoms. The van der Waals surface area contributed by atoms with E-state index in [1.54, 1.807) is 30.5 Å². The quantitative estimate of drug-likeness (QED) is 0.713. The van der Waals surface area contributed by atoms with Crippen molar-refractivity contribution in [3.05, 3.63) is 82.7 Å². The van der Waals surface area contributed by atoms with E-state index in [1.807, 2.05) is 36.7 Å². The molecule has 140 valence electrons. The Bertz CT molecular complexity index is 963. The smallest absolute Gasteiger partial charge is 0.251 e. The first kappa shape index (κ1) is 19.0. The van der Waals surface area contributed by atoms with E-state index < -0.39 is 10.8 Å². The van der Waals surface area contributed by atoms with Crippen molar-refractivity contribution in [2.24, 2.45) is 0 Å². The summed E-state index contributed by atoms with van der Waals surface area (Å²) < 4.78 is 13.4. The lowest BCUT2D eigenvalue weighted by Crippen LogP contribution is -2.23. The molecule has 0 aliphatic carbocycles. The number of aryl methyl sites for hydroxylation is 1. The summed E-state index contributed by atoms with van der Waals surface area (Å²) in [6, 6.07) is 17.0. The summed E-state index contributed by atoms with van der Waals surface area (Å²) in [6.07, 6.45) is 1.62. The fourth-order valence-corrected chi connectivity index (χ4v) is 3.49. The van der Waals surface area contributed by atoms with E-state index in [-0.39, 0.29) is 5.91 Å². The Kier molecular flexibility index (Phi) is 5.86. The SMILES string of the molecule is Cc1nn(Cc2ccccc2)c(C)c1CNC(=O)c1ccc(S(C)=O)cc1. The molecule has 0 radical (unpaired) electrons. The summed E-state index contributed by atoms with van der Waals surface area (Å²) in [5.41, 5.74) is 4.74. The van der Waals surface area contributed by atoms with Crippen LogP contribution in [-0.4, -0.2) is 26.2 Å². The monoisotopic (exact) mass is 381 g/mol. The maximum absolute atomic E-state index is 12.4. The van der Waals surface area contributed by atoms with E-state index in [9.17, 15) is 9.00 Å². The van der Waals surface area contributed by atoms with Gasteiger partial charge < -0.3 is 5.32 Å². The molecule has 1 amide bonds. The molecule has 6 heteroatoms. The molecule has 1 heterocycles. The number of carbonyl (C=O) groups is 1. The van der Waals surface area contributed by atoms with Crippen LogP contribution >= 0.6 is 0 Å². The van der Waals surface area contributed by atoms with Gasteiger partial charge in [-0.1, -0.05) is 30.3 Å². The Labute approximate surface area is 161 Å². The highest BCUT2D eigenvalue weighted by Gasteiger charge is 2.13. The molecule has 3 aromatic rings. The predicted octanol–water partition coefficient (Wildman–Crippen LogP) is 3.22. The minimum atomic E-state index is -1.05. The van der Waals surface area contributed by atoms with Gasteiger partial charge in [0.15, 0.2) is 0 Å². The van der Waals surface area contributed by atoms with Crippen molar-refractivity contribution in [1.29, 1.82) is 0 Å². The van der Waals surface area contributed by atoms with Crippen molar-refractivity contribution in [3.63, 3.8) is 0 Å². The lowest BCUT2D eigenvalue weighted by Gasteiger charge is -2.08. The number of nitrogens with one attached hydrogen (secondary N) is 1. The number of amides is 1. The van der Waals surface area contributed by atoms with Crippen LogP contribution in [0.25, 0.3) is 0 Å². The maximum atomic E-state index is 12.4. The van der Waals surface area contributed by atoms with E-state index >= 15 is 0 Å². The highest BCUT2D eigenvalue weighted by molar-refractivity contribution is 7.84. The summed E-state index contributed by atoms with van der Waals surface area (Å²) in [4.78, 5) is 13.1. The van der Waals surface area contributed by atoms with Gasteiger partial charge in [0.1, 0.15) is 0 Å². The minimum Gasteiger partial charge on any atom is -0.348 e. The molecular formula is C21H23N3O2S. The summed E-state index contributed by atoms with van der Waals surface area (Å²) in [5, 5.41) is 7.57. The Morgan fingerprint density at radius 3 is 2.37 bits per heavy atom. The van der Waals surface area contributed by atoms with Crippen LogP contribution in [0.3, 0.4) is 0 Å². The number of hydrogen-bond acceptors (Lipinski definition) is 3.